The monoisotopic (exact) mass is 192 g/mol. The molecule has 0 bridgehead atoms. The van der Waals surface area contributed by atoms with E-state index in [1.165, 1.54) is 5.57 Å². The largest absolute Gasteiger partial charge is 0.389 e. The zero-order valence-corrected chi connectivity index (χ0v) is 9.43. The van der Waals surface area contributed by atoms with Crippen LogP contribution in [0.25, 0.3) is 0 Å². The Balaban J connectivity index is 2.54. The van der Waals surface area contributed by atoms with Crippen molar-refractivity contribution in [2.75, 3.05) is 0 Å². The quantitative estimate of drug-likeness (QED) is 0.527. The van der Waals surface area contributed by atoms with E-state index in [1.807, 2.05) is 13.0 Å². The van der Waals surface area contributed by atoms with Crippen LogP contribution in [0.4, 0.5) is 0 Å². The van der Waals surface area contributed by atoms with Crippen LogP contribution in [0, 0.1) is 17.3 Å². The molecule has 0 aromatic heterocycles. The molecule has 1 rings (SSSR count). The summed E-state index contributed by atoms with van der Waals surface area (Å²) in [6.07, 6.45) is 5.70. The average Bonchev–Trinajstić information content (AvgIpc) is 2.00. The molecule has 0 amide bonds. The predicted molar refractivity (Wildman–Crippen MR) is 59.8 cm³/mol. The lowest BCUT2D eigenvalue weighted by Crippen LogP contribution is -2.24. The fourth-order valence-electron chi connectivity index (χ4n) is 2.16. The predicted octanol–water partition coefficient (Wildman–Crippen LogP) is 2.90. The van der Waals surface area contributed by atoms with Crippen LogP contribution in [0.1, 0.15) is 46.5 Å². The van der Waals surface area contributed by atoms with Crippen molar-refractivity contribution in [2.45, 2.75) is 52.6 Å². The number of aliphatic hydroxyl groups excluding tert-OH is 1. The van der Waals surface area contributed by atoms with E-state index in [9.17, 15) is 5.11 Å². The Morgan fingerprint density at radius 2 is 2.29 bits per heavy atom. The van der Waals surface area contributed by atoms with E-state index in [0.717, 1.165) is 25.7 Å². The highest BCUT2D eigenvalue weighted by molar-refractivity contribution is 5.14. The first-order valence-corrected chi connectivity index (χ1v) is 5.31. The topological polar surface area (TPSA) is 20.2 Å². The molecule has 78 valence electrons. The van der Waals surface area contributed by atoms with Gasteiger partial charge in [0.05, 0.1) is 6.10 Å². The number of aliphatic hydroxyl groups is 1. The molecule has 1 atom stereocenters. The summed E-state index contributed by atoms with van der Waals surface area (Å²) in [5.41, 5.74) is 1.62. The third-order valence-corrected chi connectivity index (χ3v) is 2.64. The van der Waals surface area contributed by atoms with Gasteiger partial charge in [-0.05, 0) is 31.6 Å². The molecule has 1 nitrogen and oxygen atoms in total. The lowest BCUT2D eigenvalue weighted by molar-refractivity contribution is 0.137. The number of hydrogen-bond donors (Lipinski definition) is 1. The molecule has 1 aliphatic carbocycles. The van der Waals surface area contributed by atoms with Crippen molar-refractivity contribution in [1.82, 2.24) is 0 Å². The van der Waals surface area contributed by atoms with Crippen molar-refractivity contribution in [3.63, 3.8) is 0 Å². The van der Waals surface area contributed by atoms with Crippen molar-refractivity contribution in [3.05, 3.63) is 11.6 Å². The van der Waals surface area contributed by atoms with Crippen LogP contribution in [0.15, 0.2) is 11.6 Å². The highest BCUT2D eigenvalue weighted by Gasteiger charge is 2.26. The van der Waals surface area contributed by atoms with E-state index in [0.29, 0.717) is 0 Å². The number of rotatable bonds is 2. The molecule has 14 heavy (non-hydrogen) atoms. The normalized spacial score (nSPS) is 24.9. The van der Waals surface area contributed by atoms with E-state index in [4.69, 9.17) is 0 Å². The van der Waals surface area contributed by atoms with E-state index in [1.54, 1.807) is 0 Å². The fourth-order valence-corrected chi connectivity index (χ4v) is 2.16. The van der Waals surface area contributed by atoms with E-state index in [2.05, 4.69) is 25.7 Å². The van der Waals surface area contributed by atoms with Gasteiger partial charge in [-0.25, -0.2) is 0 Å². The molecule has 0 spiro atoms. The summed E-state index contributed by atoms with van der Waals surface area (Å²) < 4.78 is 0. The van der Waals surface area contributed by atoms with Crippen molar-refractivity contribution in [1.29, 1.82) is 0 Å². The molecule has 0 aromatic rings. The smallest absolute Gasteiger partial charge is 0.0728 e. The first-order chi connectivity index (χ1) is 6.53. The zero-order chi connectivity index (χ0) is 10.6. The molecule has 0 radical (unpaired) electrons. The molecule has 0 heterocycles. The Morgan fingerprint density at radius 1 is 1.57 bits per heavy atom. The first-order valence-electron chi connectivity index (χ1n) is 5.31. The average molecular weight is 192 g/mol. The van der Waals surface area contributed by atoms with E-state index < -0.39 is 0 Å². The molecule has 1 unspecified atom stereocenters. The molecule has 1 N–H and O–H groups in total. The second kappa shape index (κ2) is 4.66. The van der Waals surface area contributed by atoms with Gasteiger partial charge in [-0.2, -0.15) is 0 Å². The second-order valence-electron chi connectivity index (χ2n) is 4.86. The summed E-state index contributed by atoms with van der Waals surface area (Å²) in [6.45, 7) is 6.30. The van der Waals surface area contributed by atoms with Gasteiger partial charge in [-0.3, -0.25) is 0 Å². The maximum atomic E-state index is 9.66. The van der Waals surface area contributed by atoms with Crippen molar-refractivity contribution in [3.8, 4) is 11.8 Å². The van der Waals surface area contributed by atoms with Crippen molar-refractivity contribution < 1.29 is 5.11 Å². The molecule has 0 aliphatic heterocycles. The summed E-state index contributed by atoms with van der Waals surface area (Å²) in [6, 6.07) is 0. The maximum Gasteiger partial charge on any atom is 0.0728 e. The van der Waals surface area contributed by atoms with Crippen LogP contribution in [0.2, 0.25) is 0 Å². The Hall–Kier alpha value is -0.740. The minimum atomic E-state index is -0.247. The fraction of sp³-hybridized carbons (Fsp3) is 0.692. The molecule has 0 saturated carbocycles. The van der Waals surface area contributed by atoms with Gasteiger partial charge in [0.25, 0.3) is 0 Å². The van der Waals surface area contributed by atoms with Crippen LogP contribution < -0.4 is 0 Å². The minimum absolute atomic E-state index is 0.247. The maximum absolute atomic E-state index is 9.66. The van der Waals surface area contributed by atoms with Crippen molar-refractivity contribution >= 4 is 0 Å². The molecular weight excluding hydrogens is 172 g/mol. The van der Waals surface area contributed by atoms with Crippen LogP contribution in [-0.4, -0.2) is 11.2 Å². The molecule has 0 fully saturated rings. The van der Waals surface area contributed by atoms with Crippen molar-refractivity contribution in [2.24, 2.45) is 5.41 Å². The second-order valence-corrected chi connectivity index (χ2v) is 4.86. The Labute approximate surface area is 87.2 Å². The van der Waals surface area contributed by atoms with Gasteiger partial charge < -0.3 is 5.11 Å². The first kappa shape index (κ1) is 11.3. The van der Waals surface area contributed by atoms with Crippen LogP contribution in [0.5, 0.6) is 0 Å². The Bertz CT molecular complexity index is 275. The summed E-state index contributed by atoms with van der Waals surface area (Å²) in [4.78, 5) is 0. The van der Waals surface area contributed by atoms with E-state index >= 15 is 0 Å². The number of hydrogen-bond acceptors (Lipinski definition) is 1. The number of allylic oxidation sites excluding steroid dienone is 1. The summed E-state index contributed by atoms with van der Waals surface area (Å²) in [5, 5.41) is 9.66. The van der Waals surface area contributed by atoms with Gasteiger partial charge >= 0.3 is 0 Å². The molecule has 0 saturated heterocycles. The van der Waals surface area contributed by atoms with Gasteiger partial charge in [0.2, 0.25) is 0 Å². The van der Waals surface area contributed by atoms with Gasteiger partial charge in [-0.15, -0.1) is 11.8 Å². The molecular formula is C13H20O. The molecule has 0 aromatic carbocycles. The highest BCUT2D eigenvalue weighted by atomic mass is 16.3. The van der Waals surface area contributed by atoms with Crippen LogP contribution in [-0.2, 0) is 0 Å². The van der Waals surface area contributed by atoms with E-state index in [-0.39, 0.29) is 11.5 Å². The van der Waals surface area contributed by atoms with Crippen LogP contribution >= 0.6 is 0 Å². The standard InChI is InChI=1S/C13H20O/c1-4-5-6-7-11-8-12(14)10-13(2,3)9-11/h8,12,14H,6-7,9-10H2,1-3H3. The summed E-state index contributed by atoms with van der Waals surface area (Å²) >= 11 is 0. The molecule has 1 aliphatic rings. The Kier molecular flexibility index (Phi) is 3.77. The minimum Gasteiger partial charge on any atom is -0.389 e. The lowest BCUT2D eigenvalue weighted by atomic mass is 9.75. The molecule has 1 heteroatoms. The highest BCUT2D eigenvalue weighted by Crippen LogP contribution is 2.36. The Morgan fingerprint density at radius 3 is 2.86 bits per heavy atom. The van der Waals surface area contributed by atoms with Gasteiger partial charge in [0.15, 0.2) is 0 Å². The van der Waals surface area contributed by atoms with Gasteiger partial charge in [0.1, 0.15) is 0 Å². The third-order valence-electron chi connectivity index (χ3n) is 2.64. The summed E-state index contributed by atoms with van der Waals surface area (Å²) in [7, 11) is 0. The van der Waals surface area contributed by atoms with Gasteiger partial charge in [-0.1, -0.05) is 25.5 Å². The van der Waals surface area contributed by atoms with Gasteiger partial charge in [0, 0.05) is 6.42 Å². The van der Waals surface area contributed by atoms with Crippen LogP contribution in [0.3, 0.4) is 0 Å². The summed E-state index contributed by atoms with van der Waals surface area (Å²) in [5.74, 6) is 5.96. The zero-order valence-electron chi connectivity index (χ0n) is 9.43. The lowest BCUT2D eigenvalue weighted by Gasteiger charge is -2.32. The third kappa shape index (κ3) is 3.55. The SMILES string of the molecule is CC#CCCC1=CC(O)CC(C)(C)C1.